The predicted octanol–water partition coefficient (Wildman–Crippen LogP) is 3.17. The SMILES string of the molecule is O=C(O)c1cccc(C(=O)Cc2ccccc2Cl)c1O. The van der Waals surface area contributed by atoms with E-state index in [1.807, 2.05) is 0 Å². The van der Waals surface area contributed by atoms with Crippen LogP contribution in [0.3, 0.4) is 0 Å². The van der Waals surface area contributed by atoms with Gasteiger partial charge in [0.1, 0.15) is 11.3 Å². The van der Waals surface area contributed by atoms with Crippen LogP contribution in [0.2, 0.25) is 5.02 Å². The van der Waals surface area contributed by atoms with Crippen molar-refractivity contribution < 1.29 is 19.8 Å². The molecule has 0 saturated heterocycles. The first-order valence-electron chi connectivity index (χ1n) is 5.82. The normalized spacial score (nSPS) is 10.2. The Morgan fingerprint density at radius 2 is 1.65 bits per heavy atom. The Morgan fingerprint density at radius 1 is 1.00 bits per heavy atom. The maximum atomic E-state index is 12.2. The fourth-order valence-corrected chi connectivity index (χ4v) is 2.05. The minimum Gasteiger partial charge on any atom is -0.506 e. The number of aromatic carboxylic acids is 1. The van der Waals surface area contributed by atoms with E-state index in [-0.39, 0.29) is 17.5 Å². The second kappa shape index (κ2) is 5.75. The highest BCUT2D eigenvalue weighted by Gasteiger charge is 2.18. The molecule has 0 atom stereocenters. The molecule has 5 heteroatoms. The van der Waals surface area contributed by atoms with E-state index in [0.717, 1.165) is 0 Å². The zero-order chi connectivity index (χ0) is 14.7. The van der Waals surface area contributed by atoms with Crippen LogP contribution in [0, 0.1) is 0 Å². The highest BCUT2D eigenvalue weighted by Crippen LogP contribution is 2.25. The fourth-order valence-electron chi connectivity index (χ4n) is 1.85. The van der Waals surface area contributed by atoms with Gasteiger partial charge in [-0.2, -0.15) is 0 Å². The third-order valence-electron chi connectivity index (χ3n) is 2.88. The van der Waals surface area contributed by atoms with E-state index < -0.39 is 17.5 Å². The number of ketones is 1. The largest absolute Gasteiger partial charge is 0.506 e. The number of phenols is 1. The van der Waals surface area contributed by atoms with Crippen LogP contribution in [0.4, 0.5) is 0 Å². The Bertz CT molecular complexity index is 679. The van der Waals surface area contributed by atoms with Gasteiger partial charge in [-0.25, -0.2) is 4.79 Å². The molecule has 0 saturated carbocycles. The minimum absolute atomic E-state index is 0.00366. The number of carbonyl (C=O) groups excluding carboxylic acids is 1. The molecule has 0 fully saturated rings. The van der Waals surface area contributed by atoms with Crippen LogP contribution in [0.15, 0.2) is 42.5 Å². The second-order valence-electron chi connectivity index (χ2n) is 4.20. The van der Waals surface area contributed by atoms with E-state index in [0.29, 0.717) is 10.6 Å². The van der Waals surface area contributed by atoms with Gasteiger partial charge in [0, 0.05) is 11.4 Å². The lowest BCUT2D eigenvalue weighted by Crippen LogP contribution is -2.07. The van der Waals surface area contributed by atoms with Gasteiger partial charge in [-0.15, -0.1) is 0 Å². The van der Waals surface area contributed by atoms with Crippen molar-refractivity contribution in [2.24, 2.45) is 0 Å². The number of halogens is 1. The van der Waals surface area contributed by atoms with Crippen LogP contribution in [0.25, 0.3) is 0 Å². The van der Waals surface area contributed by atoms with E-state index in [1.165, 1.54) is 18.2 Å². The number of para-hydroxylation sites is 1. The number of hydrogen-bond acceptors (Lipinski definition) is 3. The Hall–Kier alpha value is -2.33. The van der Waals surface area contributed by atoms with Crippen LogP contribution >= 0.6 is 11.6 Å². The first-order valence-corrected chi connectivity index (χ1v) is 6.20. The molecule has 0 heterocycles. The maximum absolute atomic E-state index is 12.2. The molecular weight excluding hydrogens is 280 g/mol. The monoisotopic (exact) mass is 290 g/mol. The molecule has 2 aromatic carbocycles. The number of hydrogen-bond donors (Lipinski definition) is 2. The van der Waals surface area contributed by atoms with Crippen LogP contribution in [0.5, 0.6) is 5.75 Å². The Labute approximate surface area is 120 Å². The third-order valence-corrected chi connectivity index (χ3v) is 3.24. The molecule has 0 aliphatic carbocycles. The summed E-state index contributed by atoms with van der Waals surface area (Å²) in [5, 5.41) is 19.2. The molecule has 0 bridgehead atoms. The van der Waals surface area contributed by atoms with Gasteiger partial charge in [0.15, 0.2) is 5.78 Å². The lowest BCUT2D eigenvalue weighted by atomic mass is 10.00. The fraction of sp³-hybridized carbons (Fsp3) is 0.0667. The number of rotatable bonds is 4. The third kappa shape index (κ3) is 2.81. The van der Waals surface area contributed by atoms with Crippen LogP contribution in [-0.2, 0) is 6.42 Å². The van der Waals surface area contributed by atoms with Gasteiger partial charge in [0.05, 0.1) is 5.56 Å². The first-order chi connectivity index (χ1) is 9.50. The Balaban J connectivity index is 2.33. The van der Waals surface area contributed by atoms with E-state index >= 15 is 0 Å². The molecule has 102 valence electrons. The molecule has 20 heavy (non-hydrogen) atoms. The molecular formula is C15H11ClO4. The van der Waals surface area contributed by atoms with Gasteiger partial charge in [0.25, 0.3) is 0 Å². The molecule has 4 nitrogen and oxygen atoms in total. The van der Waals surface area contributed by atoms with Crippen LogP contribution in [-0.4, -0.2) is 22.0 Å². The number of benzene rings is 2. The van der Waals surface area contributed by atoms with Crippen molar-refractivity contribution in [3.05, 3.63) is 64.2 Å². The topological polar surface area (TPSA) is 74.6 Å². The molecule has 0 spiro atoms. The molecule has 0 aromatic heterocycles. The minimum atomic E-state index is -1.28. The van der Waals surface area contributed by atoms with E-state index in [2.05, 4.69) is 0 Å². The second-order valence-corrected chi connectivity index (χ2v) is 4.61. The van der Waals surface area contributed by atoms with Crippen LogP contribution in [0.1, 0.15) is 26.3 Å². The van der Waals surface area contributed by atoms with Crippen molar-refractivity contribution in [2.45, 2.75) is 6.42 Å². The zero-order valence-corrected chi connectivity index (χ0v) is 11.1. The summed E-state index contributed by atoms with van der Waals surface area (Å²) in [5.74, 6) is -2.19. The average Bonchev–Trinajstić information content (AvgIpc) is 2.41. The summed E-state index contributed by atoms with van der Waals surface area (Å²) in [6.45, 7) is 0. The van der Waals surface area contributed by atoms with Gasteiger partial charge in [-0.3, -0.25) is 4.79 Å². The van der Waals surface area contributed by atoms with E-state index in [9.17, 15) is 14.7 Å². The Morgan fingerprint density at radius 3 is 2.30 bits per heavy atom. The molecule has 0 radical (unpaired) electrons. The summed E-state index contributed by atoms with van der Waals surface area (Å²) in [6.07, 6.45) is -0.00366. The molecule has 0 aliphatic rings. The number of carbonyl (C=O) groups is 2. The van der Waals surface area contributed by atoms with Crippen molar-refractivity contribution in [1.82, 2.24) is 0 Å². The summed E-state index contributed by atoms with van der Waals surface area (Å²) >= 11 is 5.97. The summed E-state index contributed by atoms with van der Waals surface area (Å²) in [5.41, 5.74) is 0.305. The first kappa shape index (κ1) is 14.1. The highest BCUT2D eigenvalue weighted by atomic mass is 35.5. The molecule has 0 amide bonds. The zero-order valence-electron chi connectivity index (χ0n) is 10.3. The summed E-state index contributed by atoms with van der Waals surface area (Å²) in [4.78, 5) is 23.1. The molecule has 0 unspecified atom stereocenters. The van der Waals surface area contributed by atoms with E-state index in [1.54, 1.807) is 24.3 Å². The highest BCUT2D eigenvalue weighted by molar-refractivity contribution is 6.31. The van der Waals surface area contributed by atoms with Gasteiger partial charge >= 0.3 is 5.97 Å². The summed E-state index contributed by atoms with van der Waals surface area (Å²) < 4.78 is 0. The van der Waals surface area contributed by atoms with Crippen molar-refractivity contribution in [1.29, 1.82) is 0 Å². The quantitative estimate of drug-likeness (QED) is 0.848. The lowest BCUT2D eigenvalue weighted by molar-refractivity contribution is 0.0693. The number of carboxylic acids is 1. The molecule has 2 rings (SSSR count). The van der Waals surface area contributed by atoms with E-state index in [4.69, 9.17) is 16.7 Å². The van der Waals surface area contributed by atoms with Gasteiger partial charge in [-0.05, 0) is 23.8 Å². The van der Waals surface area contributed by atoms with Gasteiger partial charge in [-0.1, -0.05) is 35.9 Å². The summed E-state index contributed by atoms with van der Waals surface area (Å²) in [6, 6.07) is 10.9. The van der Waals surface area contributed by atoms with Gasteiger partial charge in [0.2, 0.25) is 0 Å². The van der Waals surface area contributed by atoms with Gasteiger partial charge < -0.3 is 10.2 Å². The molecule has 2 aromatic rings. The molecule has 0 aliphatic heterocycles. The van der Waals surface area contributed by atoms with Crippen LogP contribution < -0.4 is 0 Å². The standard InChI is InChI=1S/C15H11ClO4/c16-12-7-2-1-4-9(12)8-13(17)10-5-3-6-11(14(10)18)15(19)20/h1-7,18H,8H2,(H,19,20). The molecule has 2 N–H and O–H groups in total. The number of Topliss-reactive ketones (excluding diaryl/α,β-unsaturated/α-hetero) is 1. The van der Waals surface area contributed by atoms with Crippen molar-refractivity contribution >= 4 is 23.4 Å². The predicted molar refractivity (Wildman–Crippen MR) is 74.6 cm³/mol. The van der Waals surface area contributed by atoms with Crippen molar-refractivity contribution in [3.8, 4) is 5.75 Å². The smallest absolute Gasteiger partial charge is 0.339 e. The summed E-state index contributed by atoms with van der Waals surface area (Å²) in [7, 11) is 0. The van der Waals surface area contributed by atoms with Crippen molar-refractivity contribution in [2.75, 3.05) is 0 Å². The average molecular weight is 291 g/mol. The number of carboxylic acid groups (broad SMARTS) is 1. The maximum Gasteiger partial charge on any atom is 0.339 e. The lowest BCUT2D eigenvalue weighted by Gasteiger charge is -2.07. The Kier molecular flexibility index (Phi) is 4.05. The van der Waals surface area contributed by atoms with Crippen molar-refractivity contribution in [3.63, 3.8) is 0 Å². The number of aromatic hydroxyl groups is 1.